The van der Waals surface area contributed by atoms with Crippen LogP contribution in [0.1, 0.15) is 45.4 Å². The molecule has 0 amide bonds. The van der Waals surface area contributed by atoms with Gasteiger partial charge in [0.15, 0.2) is 0 Å². The molecular formula is C14H24N2O. The molecule has 0 radical (unpaired) electrons. The fourth-order valence-electron chi connectivity index (χ4n) is 3.76. The molecule has 17 heavy (non-hydrogen) atoms. The van der Waals surface area contributed by atoms with Crippen molar-refractivity contribution in [1.82, 2.24) is 4.90 Å². The van der Waals surface area contributed by atoms with Crippen LogP contribution in [0, 0.1) is 22.7 Å². The third-order valence-electron chi connectivity index (χ3n) is 4.96. The van der Waals surface area contributed by atoms with Gasteiger partial charge >= 0.3 is 0 Å². The number of likely N-dealkylation sites (N-methyl/N-ethyl adjacent to an activating group) is 1. The van der Waals surface area contributed by atoms with Crippen LogP contribution in [0.5, 0.6) is 0 Å². The van der Waals surface area contributed by atoms with E-state index >= 15 is 0 Å². The van der Waals surface area contributed by atoms with Gasteiger partial charge in [0, 0.05) is 6.54 Å². The molecule has 0 aromatic rings. The average Bonchev–Trinajstić information content (AvgIpc) is 2.74. The largest absolute Gasteiger partial charge is 0.387 e. The van der Waals surface area contributed by atoms with E-state index < -0.39 is 11.0 Å². The highest BCUT2D eigenvalue weighted by atomic mass is 16.3. The number of nitriles is 1. The number of rotatable bonds is 2. The molecule has 1 N–H and O–H groups in total. The van der Waals surface area contributed by atoms with Crippen LogP contribution in [-0.4, -0.2) is 35.7 Å². The average molecular weight is 236 g/mol. The Balaban J connectivity index is 2.20. The molecule has 1 saturated heterocycles. The predicted molar refractivity (Wildman–Crippen MR) is 67.4 cm³/mol. The van der Waals surface area contributed by atoms with Crippen LogP contribution in [0.3, 0.4) is 0 Å². The van der Waals surface area contributed by atoms with Gasteiger partial charge < -0.3 is 10.0 Å². The van der Waals surface area contributed by atoms with Crippen LogP contribution >= 0.6 is 0 Å². The second-order valence-corrected chi connectivity index (χ2v) is 6.08. The van der Waals surface area contributed by atoms with Gasteiger partial charge in [-0.05, 0) is 51.6 Å². The first-order valence-corrected chi connectivity index (χ1v) is 6.87. The summed E-state index contributed by atoms with van der Waals surface area (Å²) in [6, 6.07) is 2.50. The number of aliphatic hydroxyl groups is 1. The number of β-amino-alcohol motifs (C(OH)–C–C–N with tert-alkyl or cyclic N) is 1. The highest BCUT2D eigenvalue weighted by Crippen LogP contribution is 2.52. The summed E-state index contributed by atoms with van der Waals surface area (Å²) in [7, 11) is 2.04. The van der Waals surface area contributed by atoms with Crippen molar-refractivity contribution < 1.29 is 5.11 Å². The SMILES string of the molecule is CCC1CCC(C#N)(C2(O)CCCN(C)C2)C1. The van der Waals surface area contributed by atoms with E-state index in [1.165, 1.54) is 0 Å². The Labute approximate surface area is 104 Å². The third kappa shape index (κ3) is 2.09. The lowest BCUT2D eigenvalue weighted by atomic mass is 9.67. The Hall–Kier alpha value is -0.590. The van der Waals surface area contributed by atoms with E-state index in [4.69, 9.17) is 0 Å². The number of hydrogen-bond acceptors (Lipinski definition) is 3. The van der Waals surface area contributed by atoms with E-state index in [2.05, 4.69) is 17.9 Å². The van der Waals surface area contributed by atoms with Gasteiger partial charge in [0.1, 0.15) is 0 Å². The van der Waals surface area contributed by atoms with E-state index in [1.54, 1.807) is 0 Å². The van der Waals surface area contributed by atoms with Crippen molar-refractivity contribution in [3.05, 3.63) is 0 Å². The lowest BCUT2D eigenvalue weighted by Crippen LogP contribution is -2.56. The first kappa shape index (κ1) is 12.9. The Bertz CT molecular complexity index is 325. The van der Waals surface area contributed by atoms with E-state index in [0.717, 1.165) is 45.1 Å². The van der Waals surface area contributed by atoms with Crippen LogP contribution in [0.2, 0.25) is 0 Å². The van der Waals surface area contributed by atoms with Crippen LogP contribution < -0.4 is 0 Å². The molecular weight excluding hydrogens is 212 g/mol. The number of piperidine rings is 1. The number of hydrogen-bond donors (Lipinski definition) is 1. The predicted octanol–water partition coefficient (Wildman–Crippen LogP) is 2.16. The van der Waals surface area contributed by atoms with E-state index in [1.807, 2.05) is 7.05 Å². The van der Waals surface area contributed by atoms with E-state index in [-0.39, 0.29) is 0 Å². The maximum Gasteiger partial charge on any atom is 0.0959 e. The van der Waals surface area contributed by atoms with Crippen LogP contribution in [-0.2, 0) is 0 Å². The van der Waals surface area contributed by atoms with Gasteiger partial charge in [-0.2, -0.15) is 5.26 Å². The molecule has 1 saturated carbocycles. The topological polar surface area (TPSA) is 47.3 Å². The summed E-state index contributed by atoms with van der Waals surface area (Å²) < 4.78 is 0. The molecule has 2 rings (SSSR count). The van der Waals surface area contributed by atoms with Crippen molar-refractivity contribution in [2.24, 2.45) is 11.3 Å². The fraction of sp³-hybridized carbons (Fsp3) is 0.929. The van der Waals surface area contributed by atoms with Gasteiger partial charge in [-0.25, -0.2) is 0 Å². The van der Waals surface area contributed by atoms with Crippen molar-refractivity contribution >= 4 is 0 Å². The zero-order valence-corrected chi connectivity index (χ0v) is 11.1. The summed E-state index contributed by atoms with van der Waals surface area (Å²) in [5, 5.41) is 20.5. The summed E-state index contributed by atoms with van der Waals surface area (Å²) in [6.07, 6.45) is 5.82. The van der Waals surface area contributed by atoms with Crippen molar-refractivity contribution in [3.8, 4) is 6.07 Å². The summed E-state index contributed by atoms with van der Waals surface area (Å²) in [4.78, 5) is 2.17. The van der Waals surface area contributed by atoms with E-state index in [9.17, 15) is 10.4 Å². The standard InChI is InChI=1S/C14H24N2O/c1-3-12-5-7-13(9-12,10-15)14(17)6-4-8-16(2)11-14/h12,17H,3-9,11H2,1-2H3. The number of likely N-dealkylation sites (tertiary alicyclic amines) is 1. The Morgan fingerprint density at radius 3 is 2.76 bits per heavy atom. The molecule has 3 heteroatoms. The third-order valence-corrected chi connectivity index (χ3v) is 4.96. The smallest absolute Gasteiger partial charge is 0.0959 e. The molecule has 3 unspecified atom stereocenters. The molecule has 1 aliphatic heterocycles. The van der Waals surface area contributed by atoms with Gasteiger partial charge in [-0.3, -0.25) is 0 Å². The molecule has 1 heterocycles. The van der Waals surface area contributed by atoms with Crippen molar-refractivity contribution in [3.63, 3.8) is 0 Å². The molecule has 1 aliphatic carbocycles. The van der Waals surface area contributed by atoms with Crippen molar-refractivity contribution in [2.45, 2.75) is 51.0 Å². The minimum atomic E-state index is -0.779. The minimum absolute atomic E-state index is 0.484. The maximum atomic E-state index is 10.9. The quantitative estimate of drug-likeness (QED) is 0.799. The lowest BCUT2D eigenvalue weighted by molar-refractivity contribution is -0.0979. The summed E-state index contributed by atoms with van der Waals surface area (Å²) in [5.74, 6) is 0.630. The maximum absolute atomic E-state index is 10.9. The van der Waals surface area contributed by atoms with Gasteiger partial charge in [-0.15, -0.1) is 0 Å². The summed E-state index contributed by atoms with van der Waals surface area (Å²) >= 11 is 0. The summed E-state index contributed by atoms with van der Waals surface area (Å²) in [5.41, 5.74) is -1.26. The number of nitrogens with zero attached hydrogens (tertiary/aromatic N) is 2. The second-order valence-electron chi connectivity index (χ2n) is 6.08. The Morgan fingerprint density at radius 1 is 1.47 bits per heavy atom. The highest BCUT2D eigenvalue weighted by Gasteiger charge is 2.55. The van der Waals surface area contributed by atoms with Crippen LogP contribution in [0.15, 0.2) is 0 Å². The zero-order valence-electron chi connectivity index (χ0n) is 11.1. The first-order valence-electron chi connectivity index (χ1n) is 6.87. The molecule has 0 spiro atoms. The molecule has 0 aromatic heterocycles. The monoisotopic (exact) mass is 236 g/mol. The van der Waals surface area contributed by atoms with Gasteiger partial charge in [0.2, 0.25) is 0 Å². The molecule has 2 fully saturated rings. The summed E-state index contributed by atoms with van der Waals surface area (Å²) in [6.45, 7) is 3.90. The van der Waals surface area contributed by atoms with Crippen molar-refractivity contribution in [1.29, 1.82) is 5.26 Å². The Morgan fingerprint density at radius 2 is 2.24 bits per heavy atom. The highest BCUT2D eigenvalue weighted by molar-refractivity contribution is 5.16. The zero-order chi connectivity index (χ0) is 12.5. The van der Waals surface area contributed by atoms with Gasteiger partial charge in [-0.1, -0.05) is 13.3 Å². The van der Waals surface area contributed by atoms with Gasteiger partial charge in [0.05, 0.1) is 17.1 Å². The first-order chi connectivity index (χ1) is 8.05. The molecule has 0 aromatic carbocycles. The minimum Gasteiger partial charge on any atom is -0.387 e. The molecule has 0 bridgehead atoms. The molecule has 96 valence electrons. The van der Waals surface area contributed by atoms with Crippen molar-refractivity contribution in [2.75, 3.05) is 20.1 Å². The lowest BCUT2D eigenvalue weighted by Gasteiger charge is -2.46. The molecule has 2 aliphatic rings. The molecule has 3 nitrogen and oxygen atoms in total. The fourth-order valence-corrected chi connectivity index (χ4v) is 3.76. The molecule has 3 atom stereocenters. The van der Waals surface area contributed by atoms with E-state index in [0.29, 0.717) is 12.5 Å². The van der Waals surface area contributed by atoms with Gasteiger partial charge in [0.25, 0.3) is 0 Å². The normalized spacial score (nSPS) is 43.5. The second kappa shape index (κ2) is 4.59. The van der Waals surface area contributed by atoms with Crippen LogP contribution in [0.25, 0.3) is 0 Å². The Kier molecular flexibility index (Phi) is 3.47. The van der Waals surface area contributed by atoms with Crippen LogP contribution in [0.4, 0.5) is 0 Å².